The number of rotatable bonds is 2. The highest BCUT2D eigenvalue weighted by molar-refractivity contribution is 6.19. The maximum atomic E-state index is 2.53. The molecule has 11 rings (SSSR count). The van der Waals surface area contributed by atoms with E-state index < -0.39 is 0 Å². The fraction of sp³-hybridized carbons (Fsp3) is 0.214. The normalized spacial score (nSPS) is 14.2. The Morgan fingerprint density at radius 3 is 1.93 bits per heavy atom. The Morgan fingerprint density at radius 1 is 0.526 bits per heavy atom. The third kappa shape index (κ3) is 4.88. The van der Waals surface area contributed by atoms with E-state index in [0.717, 1.165) is 12.8 Å². The maximum Gasteiger partial charge on any atom is 0.0540 e. The highest BCUT2D eigenvalue weighted by Crippen LogP contribution is 2.47. The predicted octanol–water partition coefficient (Wildman–Crippen LogP) is 15.6. The second-order valence-corrected chi connectivity index (χ2v) is 18.9. The van der Waals surface area contributed by atoms with Crippen LogP contribution < -0.4 is 0 Å². The molecule has 0 saturated carbocycles. The summed E-state index contributed by atoms with van der Waals surface area (Å²) in [6, 6.07) is 42.3. The molecule has 1 nitrogen and oxygen atoms in total. The van der Waals surface area contributed by atoms with Gasteiger partial charge in [-0.1, -0.05) is 145 Å². The van der Waals surface area contributed by atoms with E-state index in [1.807, 2.05) is 0 Å². The molecule has 278 valence electrons. The molecule has 0 amide bonds. The van der Waals surface area contributed by atoms with Crippen LogP contribution in [-0.4, -0.2) is 4.57 Å². The van der Waals surface area contributed by atoms with Gasteiger partial charge in [-0.2, -0.15) is 0 Å². The van der Waals surface area contributed by atoms with Crippen molar-refractivity contribution in [2.45, 2.75) is 79.1 Å². The smallest absolute Gasteiger partial charge is 0.0540 e. The van der Waals surface area contributed by atoms with Gasteiger partial charge < -0.3 is 4.57 Å². The summed E-state index contributed by atoms with van der Waals surface area (Å²) in [7, 11) is 0. The van der Waals surface area contributed by atoms with Crippen LogP contribution >= 0.6 is 0 Å². The van der Waals surface area contributed by atoms with Crippen LogP contribution in [0, 0.1) is 13.8 Å². The van der Waals surface area contributed by atoms with Crippen molar-refractivity contribution in [1.82, 2.24) is 4.57 Å². The van der Waals surface area contributed by atoms with Gasteiger partial charge in [-0.05, 0) is 160 Å². The zero-order valence-electron chi connectivity index (χ0n) is 34.5. The van der Waals surface area contributed by atoms with Gasteiger partial charge in [0.05, 0.1) is 11.2 Å². The first kappa shape index (κ1) is 34.3. The van der Waals surface area contributed by atoms with Gasteiger partial charge in [-0.25, -0.2) is 0 Å². The van der Waals surface area contributed by atoms with Gasteiger partial charge in [-0.3, -0.25) is 0 Å². The molecule has 0 aliphatic heterocycles. The minimum atomic E-state index is -0.0153. The lowest BCUT2D eigenvalue weighted by Gasteiger charge is -2.30. The van der Waals surface area contributed by atoms with E-state index in [9.17, 15) is 0 Å². The quantitative estimate of drug-likeness (QED) is 0.123. The summed E-state index contributed by atoms with van der Waals surface area (Å²) >= 11 is 0. The van der Waals surface area contributed by atoms with Crippen molar-refractivity contribution in [1.29, 1.82) is 0 Å². The summed E-state index contributed by atoms with van der Waals surface area (Å²) in [6.07, 6.45) is 9.10. The Bertz CT molecular complexity index is 3310. The van der Waals surface area contributed by atoms with Crippen molar-refractivity contribution in [3.63, 3.8) is 0 Å². The number of aromatic nitrogens is 1. The minimum Gasteiger partial charge on any atom is -0.313 e. The average molecular weight is 736 g/mol. The highest BCUT2D eigenvalue weighted by Gasteiger charge is 2.28. The maximum absolute atomic E-state index is 2.53. The van der Waals surface area contributed by atoms with E-state index in [-0.39, 0.29) is 10.8 Å². The molecule has 9 aromatic rings. The largest absolute Gasteiger partial charge is 0.313 e. The molecule has 0 unspecified atom stereocenters. The molecule has 0 radical (unpaired) electrons. The lowest BCUT2D eigenvalue weighted by Crippen LogP contribution is -2.17. The number of hydrogen-bond donors (Lipinski definition) is 0. The zero-order valence-corrected chi connectivity index (χ0v) is 34.5. The van der Waals surface area contributed by atoms with E-state index in [1.165, 1.54) is 126 Å². The molecule has 0 N–H and O–H groups in total. The highest BCUT2D eigenvalue weighted by atomic mass is 15.0. The molecule has 0 saturated heterocycles. The topological polar surface area (TPSA) is 4.93 Å². The number of nitrogens with zero attached hydrogens (tertiary/aromatic N) is 1. The third-order valence-electron chi connectivity index (χ3n) is 13.4. The van der Waals surface area contributed by atoms with Gasteiger partial charge >= 0.3 is 0 Å². The zero-order chi connectivity index (χ0) is 39.1. The monoisotopic (exact) mass is 735 g/mol. The number of benzene rings is 8. The summed E-state index contributed by atoms with van der Waals surface area (Å²) in [6.45, 7) is 18.8. The van der Waals surface area contributed by atoms with Crippen molar-refractivity contribution in [2.24, 2.45) is 0 Å². The molecule has 0 atom stereocenters. The number of aryl methyl sites for hydroxylation is 1. The fourth-order valence-corrected chi connectivity index (χ4v) is 10.9. The van der Waals surface area contributed by atoms with Crippen LogP contribution in [0.1, 0.15) is 87.0 Å². The van der Waals surface area contributed by atoms with E-state index in [4.69, 9.17) is 0 Å². The lowest BCUT2D eigenvalue weighted by atomic mass is 9.73. The SMILES string of the molecule is Cc1c(C)n(-c2ccc3c4c5c(ccc24)C=CCC5=CC3)c2ccc3c4ccc(-c5ccc6c(C(C)(C)C)c7ccccc7c(C(C)(C)C)c6c5)cc4ccc3c12. The van der Waals surface area contributed by atoms with Crippen LogP contribution in [0.3, 0.4) is 0 Å². The van der Waals surface area contributed by atoms with Gasteiger partial charge in [-0.15, -0.1) is 0 Å². The van der Waals surface area contributed by atoms with Gasteiger partial charge in [0.1, 0.15) is 0 Å². The van der Waals surface area contributed by atoms with Gasteiger partial charge in [0.15, 0.2) is 0 Å². The Hall–Kier alpha value is -5.92. The molecular weight excluding hydrogens is 687 g/mol. The van der Waals surface area contributed by atoms with Crippen molar-refractivity contribution < 1.29 is 0 Å². The predicted molar refractivity (Wildman–Crippen MR) is 248 cm³/mol. The number of fused-ring (bicyclic) bond motifs is 7. The molecule has 8 aromatic carbocycles. The third-order valence-corrected chi connectivity index (χ3v) is 13.4. The van der Waals surface area contributed by atoms with Crippen LogP contribution in [0.5, 0.6) is 0 Å². The average Bonchev–Trinajstić information content (AvgIpc) is 3.45. The van der Waals surface area contributed by atoms with Crippen molar-refractivity contribution in [3.05, 3.63) is 160 Å². The van der Waals surface area contributed by atoms with E-state index in [0.29, 0.717) is 0 Å². The van der Waals surface area contributed by atoms with Crippen molar-refractivity contribution in [3.8, 4) is 16.8 Å². The molecular formula is C56H49N. The molecule has 2 aliphatic rings. The van der Waals surface area contributed by atoms with Crippen molar-refractivity contribution in [2.75, 3.05) is 0 Å². The Balaban J connectivity index is 1.08. The summed E-state index contributed by atoms with van der Waals surface area (Å²) in [5.74, 6) is 0. The molecule has 57 heavy (non-hydrogen) atoms. The summed E-state index contributed by atoms with van der Waals surface area (Å²) in [5.41, 5.74) is 16.3. The Morgan fingerprint density at radius 2 is 1.18 bits per heavy atom. The molecule has 0 spiro atoms. The Kier molecular flexibility index (Phi) is 7.11. The summed E-state index contributed by atoms with van der Waals surface area (Å²) in [4.78, 5) is 0. The van der Waals surface area contributed by atoms with Gasteiger partial charge in [0.25, 0.3) is 0 Å². The van der Waals surface area contributed by atoms with Gasteiger partial charge in [0, 0.05) is 16.5 Å². The Labute approximate surface area is 336 Å². The second kappa shape index (κ2) is 11.8. The van der Waals surface area contributed by atoms with Crippen LogP contribution in [0.25, 0.3) is 93.2 Å². The van der Waals surface area contributed by atoms with Crippen LogP contribution in [0.15, 0.2) is 121 Å². The first-order valence-corrected chi connectivity index (χ1v) is 20.8. The molecule has 0 fully saturated rings. The van der Waals surface area contributed by atoms with Crippen LogP contribution in [0.4, 0.5) is 0 Å². The summed E-state index contributed by atoms with van der Waals surface area (Å²) in [5, 5.41) is 14.8. The van der Waals surface area contributed by atoms with Crippen LogP contribution in [0.2, 0.25) is 0 Å². The van der Waals surface area contributed by atoms with E-state index in [1.54, 1.807) is 0 Å². The van der Waals surface area contributed by atoms with Crippen LogP contribution in [-0.2, 0) is 17.3 Å². The molecule has 1 heteroatoms. The molecule has 1 heterocycles. The second-order valence-electron chi connectivity index (χ2n) is 18.9. The number of hydrogen-bond acceptors (Lipinski definition) is 0. The molecule has 1 aromatic heterocycles. The number of allylic oxidation sites excluding steroid dienone is 3. The molecule has 0 bridgehead atoms. The standard InChI is InChI=1S/C56H49N/c1-32-33(2)57(48-28-22-36-17-16-34-12-11-13-35-18-26-46(48)52(36)51(34)35)49-29-27-41-40-23-19-37(30-39(40)21-24-42(41)50(32)49)38-20-25-45-47(31-38)54(56(6,7)8)44-15-10-9-14-43(44)53(45)55(3,4)5/h9-11,13-16,18-31H,12,17H2,1-8H3. The summed E-state index contributed by atoms with van der Waals surface area (Å²) < 4.78 is 2.53. The van der Waals surface area contributed by atoms with E-state index >= 15 is 0 Å². The van der Waals surface area contributed by atoms with Gasteiger partial charge in [0.2, 0.25) is 0 Å². The first-order valence-electron chi connectivity index (χ1n) is 20.8. The van der Waals surface area contributed by atoms with Crippen molar-refractivity contribution >= 4 is 76.4 Å². The van der Waals surface area contributed by atoms with E-state index in [2.05, 4.69) is 187 Å². The molecule has 2 aliphatic carbocycles. The fourth-order valence-electron chi connectivity index (χ4n) is 10.9. The lowest BCUT2D eigenvalue weighted by molar-refractivity contribution is 0.593. The minimum absolute atomic E-state index is 0.00736. The first-order chi connectivity index (χ1) is 27.4.